The van der Waals surface area contributed by atoms with E-state index in [2.05, 4.69) is 5.32 Å². The SMILES string of the molecule is COc1cc([N+](=O)[O-])ccc1N1C[C@@H](C(=O)Nc2cc(Cl)ccc2C)CC1=O. The van der Waals surface area contributed by atoms with Crippen LogP contribution in [0, 0.1) is 23.0 Å². The van der Waals surface area contributed by atoms with Gasteiger partial charge in [0.1, 0.15) is 5.75 Å². The third-order valence-electron chi connectivity index (χ3n) is 4.62. The van der Waals surface area contributed by atoms with E-state index < -0.39 is 10.8 Å². The summed E-state index contributed by atoms with van der Waals surface area (Å²) >= 11 is 5.98. The molecule has 2 aromatic carbocycles. The molecule has 1 fully saturated rings. The number of hydrogen-bond acceptors (Lipinski definition) is 5. The Kier molecular flexibility index (Phi) is 5.51. The maximum absolute atomic E-state index is 12.6. The molecule has 0 saturated carbocycles. The highest BCUT2D eigenvalue weighted by molar-refractivity contribution is 6.31. The number of anilines is 2. The number of methoxy groups -OCH3 is 1. The summed E-state index contributed by atoms with van der Waals surface area (Å²) in [5.74, 6) is -0.905. The molecule has 2 aromatic rings. The highest BCUT2D eigenvalue weighted by Gasteiger charge is 2.36. The molecule has 8 nitrogen and oxygen atoms in total. The number of carbonyl (C=O) groups excluding carboxylic acids is 2. The molecule has 9 heteroatoms. The molecule has 1 aliphatic rings. The summed E-state index contributed by atoms with van der Waals surface area (Å²) < 4.78 is 5.20. The number of halogens is 1. The Morgan fingerprint density at radius 1 is 1.32 bits per heavy atom. The van der Waals surface area contributed by atoms with Gasteiger partial charge in [0.15, 0.2) is 0 Å². The number of aryl methyl sites for hydroxylation is 1. The molecular weight excluding hydrogens is 386 g/mol. The van der Waals surface area contributed by atoms with Crippen LogP contribution in [0.2, 0.25) is 5.02 Å². The first-order valence-corrected chi connectivity index (χ1v) is 8.87. The molecule has 146 valence electrons. The Hall–Kier alpha value is -3.13. The van der Waals surface area contributed by atoms with Gasteiger partial charge in [0, 0.05) is 29.7 Å². The minimum Gasteiger partial charge on any atom is -0.494 e. The van der Waals surface area contributed by atoms with Gasteiger partial charge in [-0.05, 0) is 30.7 Å². The van der Waals surface area contributed by atoms with Crippen LogP contribution in [-0.4, -0.2) is 30.4 Å². The van der Waals surface area contributed by atoms with Crippen molar-refractivity contribution in [3.8, 4) is 5.75 Å². The number of ether oxygens (including phenoxy) is 1. The molecule has 1 heterocycles. The number of benzene rings is 2. The number of hydrogen-bond donors (Lipinski definition) is 1. The van der Waals surface area contributed by atoms with Crippen molar-refractivity contribution >= 4 is 40.5 Å². The minimum atomic E-state index is -0.564. The van der Waals surface area contributed by atoms with Crippen LogP contribution in [0.15, 0.2) is 36.4 Å². The summed E-state index contributed by atoms with van der Waals surface area (Å²) in [5.41, 5.74) is 1.71. The van der Waals surface area contributed by atoms with Crippen molar-refractivity contribution in [2.24, 2.45) is 5.92 Å². The predicted octanol–water partition coefficient (Wildman–Crippen LogP) is 3.56. The number of nitrogens with one attached hydrogen (secondary N) is 1. The van der Waals surface area contributed by atoms with E-state index in [0.717, 1.165) is 5.56 Å². The van der Waals surface area contributed by atoms with Crippen molar-refractivity contribution in [1.82, 2.24) is 0 Å². The first-order chi connectivity index (χ1) is 13.3. The zero-order valence-electron chi connectivity index (χ0n) is 15.3. The third kappa shape index (κ3) is 3.91. The van der Waals surface area contributed by atoms with Gasteiger partial charge in [0.05, 0.1) is 29.7 Å². The van der Waals surface area contributed by atoms with Crippen molar-refractivity contribution in [1.29, 1.82) is 0 Å². The van der Waals surface area contributed by atoms with Gasteiger partial charge in [-0.1, -0.05) is 17.7 Å². The van der Waals surface area contributed by atoms with Gasteiger partial charge in [0.2, 0.25) is 11.8 Å². The lowest BCUT2D eigenvalue weighted by atomic mass is 10.1. The Labute approximate surface area is 166 Å². The zero-order valence-corrected chi connectivity index (χ0v) is 16.0. The van der Waals surface area contributed by atoms with Crippen molar-refractivity contribution < 1.29 is 19.2 Å². The van der Waals surface area contributed by atoms with E-state index in [1.54, 1.807) is 18.2 Å². The third-order valence-corrected chi connectivity index (χ3v) is 4.85. The van der Waals surface area contributed by atoms with E-state index in [-0.39, 0.29) is 36.2 Å². The van der Waals surface area contributed by atoms with E-state index >= 15 is 0 Å². The maximum Gasteiger partial charge on any atom is 0.273 e. The van der Waals surface area contributed by atoms with E-state index in [1.807, 2.05) is 6.92 Å². The summed E-state index contributed by atoms with van der Waals surface area (Å²) in [5, 5.41) is 14.3. The van der Waals surface area contributed by atoms with Crippen LogP contribution in [0.25, 0.3) is 0 Å². The van der Waals surface area contributed by atoms with Gasteiger partial charge < -0.3 is 15.0 Å². The summed E-state index contributed by atoms with van der Waals surface area (Å²) in [6, 6.07) is 9.19. The smallest absolute Gasteiger partial charge is 0.273 e. The number of rotatable bonds is 5. The van der Waals surface area contributed by atoms with Gasteiger partial charge in [0.25, 0.3) is 5.69 Å². The molecule has 0 bridgehead atoms. The first-order valence-electron chi connectivity index (χ1n) is 8.50. The standard InChI is InChI=1S/C19H18ClN3O5/c1-11-3-4-13(20)8-15(11)21-19(25)12-7-18(24)22(10-12)16-6-5-14(23(26)27)9-17(16)28-2/h3-6,8-9,12H,7,10H2,1-2H3,(H,21,25)/t12-/m0/s1. The van der Waals surface area contributed by atoms with Crippen LogP contribution in [0.5, 0.6) is 5.75 Å². The monoisotopic (exact) mass is 403 g/mol. The van der Waals surface area contributed by atoms with Crippen molar-refractivity contribution in [3.63, 3.8) is 0 Å². The lowest BCUT2D eigenvalue weighted by Crippen LogP contribution is -2.28. The average molecular weight is 404 g/mol. The molecule has 2 amide bonds. The van der Waals surface area contributed by atoms with Crippen LogP contribution in [-0.2, 0) is 9.59 Å². The second-order valence-corrected chi connectivity index (χ2v) is 6.90. The van der Waals surface area contributed by atoms with Gasteiger partial charge in [-0.2, -0.15) is 0 Å². The molecule has 28 heavy (non-hydrogen) atoms. The molecule has 0 spiro atoms. The molecule has 0 unspecified atom stereocenters. The number of nitro benzene ring substituents is 1. The van der Waals surface area contributed by atoms with Crippen LogP contribution in [0.3, 0.4) is 0 Å². The topological polar surface area (TPSA) is 102 Å². The highest BCUT2D eigenvalue weighted by atomic mass is 35.5. The van der Waals surface area contributed by atoms with E-state index in [4.69, 9.17) is 16.3 Å². The highest BCUT2D eigenvalue weighted by Crippen LogP contribution is 2.36. The summed E-state index contributed by atoms with van der Waals surface area (Å²) in [6.45, 7) is 2.00. The lowest BCUT2D eigenvalue weighted by Gasteiger charge is -2.19. The first kappa shape index (κ1) is 19.6. The summed E-state index contributed by atoms with van der Waals surface area (Å²) in [7, 11) is 1.37. The van der Waals surface area contributed by atoms with Gasteiger partial charge in [-0.25, -0.2) is 0 Å². The second-order valence-electron chi connectivity index (χ2n) is 6.47. The Bertz CT molecular complexity index is 963. The van der Waals surface area contributed by atoms with E-state index in [9.17, 15) is 19.7 Å². The number of amides is 2. The molecule has 1 atom stereocenters. The number of non-ortho nitro benzene ring substituents is 1. The lowest BCUT2D eigenvalue weighted by molar-refractivity contribution is -0.384. The summed E-state index contributed by atoms with van der Waals surface area (Å²) in [4.78, 5) is 36.9. The molecule has 0 radical (unpaired) electrons. The van der Waals surface area contributed by atoms with Crippen molar-refractivity contribution in [3.05, 3.63) is 57.1 Å². The molecule has 3 rings (SSSR count). The number of carbonyl (C=O) groups is 2. The Balaban J connectivity index is 1.79. The van der Waals surface area contributed by atoms with Gasteiger partial charge >= 0.3 is 0 Å². The van der Waals surface area contributed by atoms with Crippen molar-refractivity contribution in [2.75, 3.05) is 23.9 Å². The zero-order chi connectivity index (χ0) is 20.4. The van der Waals surface area contributed by atoms with Crippen LogP contribution < -0.4 is 15.0 Å². The fourth-order valence-electron chi connectivity index (χ4n) is 3.08. The van der Waals surface area contributed by atoms with Gasteiger partial charge in [-0.3, -0.25) is 19.7 Å². The fourth-order valence-corrected chi connectivity index (χ4v) is 3.25. The number of nitro groups is 1. The maximum atomic E-state index is 12.6. The van der Waals surface area contributed by atoms with Crippen LogP contribution in [0.1, 0.15) is 12.0 Å². The Morgan fingerprint density at radius 2 is 2.07 bits per heavy atom. The molecule has 1 aliphatic heterocycles. The molecule has 1 saturated heterocycles. The molecule has 1 N–H and O–H groups in total. The quantitative estimate of drug-likeness (QED) is 0.607. The normalized spacial score (nSPS) is 16.2. The number of nitrogens with zero attached hydrogens (tertiary/aromatic N) is 2. The van der Waals surface area contributed by atoms with E-state index in [1.165, 1.54) is 30.2 Å². The second kappa shape index (κ2) is 7.85. The fraction of sp³-hybridized carbons (Fsp3) is 0.263. The Morgan fingerprint density at radius 3 is 2.75 bits per heavy atom. The van der Waals surface area contributed by atoms with Crippen molar-refractivity contribution in [2.45, 2.75) is 13.3 Å². The molecular formula is C19H18ClN3O5. The largest absolute Gasteiger partial charge is 0.494 e. The molecule has 0 aromatic heterocycles. The van der Waals surface area contributed by atoms with Crippen LogP contribution >= 0.6 is 11.6 Å². The summed E-state index contributed by atoms with van der Waals surface area (Å²) in [6.07, 6.45) is 0.0333. The molecule has 0 aliphatic carbocycles. The average Bonchev–Trinajstić information content (AvgIpc) is 3.05. The minimum absolute atomic E-state index is 0.0333. The van der Waals surface area contributed by atoms with Gasteiger partial charge in [-0.15, -0.1) is 0 Å². The van der Waals surface area contributed by atoms with E-state index in [0.29, 0.717) is 16.4 Å². The van der Waals surface area contributed by atoms with Crippen LogP contribution in [0.4, 0.5) is 17.1 Å². The predicted molar refractivity (Wildman–Crippen MR) is 105 cm³/mol.